The Balaban J connectivity index is 1.62. The van der Waals surface area contributed by atoms with Crippen molar-refractivity contribution < 1.29 is 4.79 Å². The molecule has 3 saturated heterocycles. The normalized spacial score (nSPS) is 26.6. The number of fused-ring (bicyclic) bond motifs is 4. The van der Waals surface area contributed by atoms with Crippen LogP contribution in [-0.2, 0) is 11.2 Å². The Bertz CT molecular complexity index is 459. The molecule has 3 nitrogen and oxygen atoms in total. The standard InChI is InChI=1S/C17H24N2O/c1-14(20)19-12-16-7-8-17(13-19)18(11-16)10-9-15-5-3-2-4-6-15/h2-6,16-17H,7-13H2,1H3/t16-,17-/m0/s1. The van der Waals surface area contributed by atoms with Crippen LogP contribution < -0.4 is 0 Å². The van der Waals surface area contributed by atoms with Gasteiger partial charge in [0.25, 0.3) is 0 Å². The first-order chi connectivity index (χ1) is 9.72. The molecule has 3 aliphatic heterocycles. The Labute approximate surface area is 121 Å². The predicted molar refractivity (Wildman–Crippen MR) is 80.5 cm³/mol. The quantitative estimate of drug-likeness (QED) is 0.842. The topological polar surface area (TPSA) is 23.6 Å². The fraction of sp³-hybridized carbons (Fsp3) is 0.588. The van der Waals surface area contributed by atoms with E-state index in [1.807, 2.05) is 0 Å². The van der Waals surface area contributed by atoms with Gasteiger partial charge in [-0.1, -0.05) is 30.3 Å². The highest BCUT2D eigenvalue weighted by molar-refractivity contribution is 5.73. The highest BCUT2D eigenvalue weighted by atomic mass is 16.2. The van der Waals surface area contributed by atoms with E-state index in [9.17, 15) is 4.79 Å². The van der Waals surface area contributed by atoms with Crippen LogP contribution in [0.1, 0.15) is 25.3 Å². The van der Waals surface area contributed by atoms with E-state index in [2.05, 4.69) is 40.1 Å². The fourth-order valence-electron chi connectivity index (χ4n) is 3.63. The largest absolute Gasteiger partial charge is 0.341 e. The minimum Gasteiger partial charge on any atom is -0.341 e. The predicted octanol–water partition coefficient (Wildman–Crippen LogP) is 2.17. The van der Waals surface area contributed by atoms with Crippen LogP contribution in [0.25, 0.3) is 0 Å². The van der Waals surface area contributed by atoms with Gasteiger partial charge in [-0.2, -0.15) is 0 Å². The van der Waals surface area contributed by atoms with Gasteiger partial charge in [0, 0.05) is 39.1 Å². The summed E-state index contributed by atoms with van der Waals surface area (Å²) in [7, 11) is 0. The Morgan fingerprint density at radius 3 is 2.70 bits per heavy atom. The third kappa shape index (κ3) is 3.04. The molecule has 1 aromatic rings. The van der Waals surface area contributed by atoms with Crippen molar-refractivity contribution in [2.45, 2.75) is 32.2 Å². The molecule has 108 valence electrons. The second kappa shape index (κ2) is 5.96. The molecular weight excluding hydrogens is 248 g/mol. The number of rotatable bonds is 3. The van der Waals surface area contributed by atoms with Crippen LogP contribution >= 0.6 is 0 Å². The molecule has 1 amide bonds. The van der Waals surface area contributed by atoms with Gasteiger partial charge in [-0.05, 0) is 30.7 Å². The van der Waals surface area contributed by atoms with Crippen molar-refractivity contribution in [1.29, 1.82) is 0 Å². The molecular formula is C17H24N2O. The molecule has 0 spiro atoms. The molecule has 1 aromatic carbocycles. The molecule has 20 heavy (non-hydrogen) atoms. The summed E-state index contributed by atoms with van der Waals surface area (Å²) in [6, 6.07) is 11.3. The number of carbonyl (C=O) groups is 1. The number of benzene rings is 1. The first-order valence-corrected chi connectivity index (χ1v) is 7.76. The third-order valence-electron chi connectivity index (χ3n) is 4.80. The molecule has 2 atom stereocenters. The lowest BCUT2D eigenvalue weighted by Gasteiger charge is -2.36. The van der Waals surface area contributed by atoms with E-state index in [0.29, 0.717) is 12.0 Å². The summed E-state index contributed by atoms with van der Waals surface area (Å²) >= 11 is 0. The van der Waals surface area contributed by atoms with E-state index in [1.165, 1.54) is 24.9 Å². The van der Waals surface area contributed by atoms with Gasteiger partial charge in [-0.3, -0.25) is 9.69 Å². The summed E-state index contributed by atoms with van der Waals surface area (Å²) < 4.78 is 0. The first-order valence-electron chi connectivity index (χ1n) is 7.76. The van der Waals surface area contributed by atoms with E-state index in [-0.39, 0.29) is 5.91 Å². The van der Waals surface area contributed by atoms with Crippen molar-refractivity contribution in [3.63, 3.8) is 0 Å². The minimum absolute atomic E-state index is 0.242. The molecule has 0 saturated carbocycles. The second-order valence-corrected chi connectivity index (χ2v) is 6.25. The molecule has 0 aromatic heterocycles. The average Bonchev–Trinajstić information content (AvgIpc) is 2.78. The van der Waals surface area contributed by atoms with Crippen LogP contribution in [0.15, 0.2) is 30.3 Å². The van der Waals surface area contributed by atoms with Crippen molar-refractivity contribution in [1.82, 2.24) is 9.80 Å². The van der Waals surface area contributed by atoms with Gasteiger partial charge >= 0.3 is 0 Å². The van der Waals surface area contributed by atoms with Gasteiger partial charge in [-0.15, -0.1) is 0 Å². The van der Waals surface area contributed by atoms with E-state index < -0.39 is 0 Å². The van der Waals surface area contributed by atoms with Crippen molar-refractivity contribution in [3.05, 3.63) is 35.9 Å². The zero-order valence-corrected chi connectivity index (χ0v) is 12.3. The minimum atomic E-state index is 0.242. The maximum atomic E-state index is 11.7. The van der Waals surface area contributed by atoms with Crippen molar-refractivity contribution in [2.75, 3.05) is 26.2 Å². The van der Waals surface area contributed by atoms with E-state index >= 15 is 0 Å². The average molecular weight is 272 g/mol. The smallest absolute Gasteiger partial charge is 0.219 e. The number of nitrogens with zero attached hydrogens (tertiary/aromatic N) is 2. The highest BCUT2D eigenvalue weighted by Crippen LogP contribution is 2.28. The molecule has 2 bridgehead atoms. The number of hydrogen-bond acceptors (Lipinski definition) is 2. The lowest BCUT2D eigenvalue weighted by Crippen LogP contribution is -2.45. The Morgan fingerprint density at radius 2 is 1.95 bits per heavy atom. The molecule has 3 heterocycles. The fourth-order valence-corrected chi connectivity index (χ4v) is 3.63. The van der Waals surface area contributed by atoms with Gasteiger partial charge in [0.1, 0.15) is 0 Å². The SMILES string of the molecule is CC(=O)N1C[C@H]2CC[C@@H](C1)N(CCc1ccccc1)C2. The molecule has 4 rings (SSSR count). The lowest BCUT2D eigenvalue weighted by atomic mass is 9.94. The number of piperidine rings is 1. The van der Waals surface area contributed by atoms with Gasteiger partial charge in [0.05, 0.1) is 0 Å². The van der Waals surface area contributed by atoms with Gasteiger partial charge in [-0.25, -0.2) is 0 Å². The number of hydrogen-bond donors (Lipinski definition) is 0. The third-order valence-corrected chi connectivity index (χ3v) is 4.80. The van der Waals surface area contributed by atoms with E-state index in [0.717, 1.165) is 26.1 Å². The molecule has 3 aliphatic rings. The lowest BCUT2D eigenvalue weighted by molar-refractivity contribution is -0.129. The summed E-state index contributed by atoms with van der Waals surface area (Å²) in [5.41, 5.74) is 1.41. The zero-order chi connectivity index (χ0) is 13.9. The van der Waals surface area contributed by atoms with Crippen LogP contribution in [0.4, 0.5) is 0 Å². The second-order valence-electron chi connectivity index (χ2n) is 6.25. The van der Waals surface area contributed by atoms with Gasteiger partial charge in [0.15, 0.2) is 0 Å². The first kappa shape index (κ1) is 13.6. The molecule has 0 radical (unpaired) electrons. The van der Waals surface area contributed by atoms with Crippen LogP contribution in [-0.4, -0.2) is 47.9 Å². The van der Waals surface area contributed by atoms with Crippen LogP contribution in [0.2, 0.25) is 0 Å². The summed E-state index contributed by atoms with van der Waals surface area (Å²) in [6.07, 6.45) is 3.66. The zero-order valence-electron chi connectivity index (χ0n) is 12.3. The molecule has 0 unspecified atom stereocenters. The van der Waals surface area contributed by atoms with Crippen LogP contribution in [0.5, 0.6) is 0 Å². The molecule has 0 N–H and O–H groups in total. The van der Waals surface area contributed by atoms with Crippen molar-refractivity contribution >= 4 is 5.91 Å². The highest BCUT2D eigenvalue weighted by Gasteiger charge is 2.35. The molecule has 3 heteroatoms. The number of amides is 1. The van der Waals surface area contributed by atoms with Crippen LogP contribution in [0, 0.1) is 5.92 Å². The summed E-state index contributed by atoms with van der Waals surface area (Å²) in [5, 5.41) is 0. The Kier molecular flexibility index (Phi) is 4.06. The van der Waals surface area contributed by atoms with E-state index in [4.69, 9.17) is 0 Å². The summed E-state index contributed by atoms with van der Waals surface area (Å²) in [6.45, 7) is 5.89. The monoisotopic (exact) mass is 272 g/mol. The Morgan fingerprint density at radius 1 is 1.15 bits per heavy atom. The van der Waals surface area contributed by atoms with Crippen molar-refractivity contribution in [3.8, 4) is 0 Å². The molecule has 3 fully saturated rings. The van der Waals surface area contributed by atoms with Gasteiger partial charge in [0.2, 0.25) is 5.91 Å². The molecule has 0 aliphatic carbocycles. The maximum Gasteiger partial charge on any atom is 0.219 e. The van der Waals surface area contributed by atoms with Crippen LogP contribution in [0.3, 0.4) is 0 Å². The van der Waals surface area contributed by atoms with Gasteiger partial charge < -0.3 is 4.90 Å². The summed E-state index contributed by atoms with van der Waals surface area (Å²) in [4.78, 5) is 16.3. The number of carbonyl (C=O) groups excluding carboxylic acids is 1. The Hall–Kier alpha value is -1.35. The maximum absolute atomic E-state index is 11.7. The van der Waals surface area contributed by atoms with Crippen molar-refractivity contribution in [2.24, 2.45) is 5.92 Å². The van der Waals surface area contributed by atoms with E-state index in [1.54, 1.807) is 6.92 Å². The summed E-state index contributed by atoms with van der Waals surface area (Å²) in [5.74, 6) is 0.917.